The molecule has 0 fully saturated rings. The van der Waals surface area contributed by atoms with Crippen molar-refractivity contribution in [1.82, 2.24) is 0 Å². The number of hydrogen-bond donors (Lipinski definition) is 0. The van der Waals surface area contributed by atoms with Gasteiger partial charge in [0, 0.05) is 22.3 Å². The van der Waals surface area contributed by atoms with Crippen molar-refractivity contribution in [2.24, 2.45) is 15.0 Å². The van der Waals surface area contributed by atoms with E-state index in [-0.39, 0.29) is 0 Å². The van der Waals surface area contributed by atoms with Gasteiger partial charge in [0.05, 0.1) is 28.2 Å². The number of rotatable bonds is 2. The van der Waals surface area contributed by atoms with E-state index >= 15 is 0 Å². The molecule has 4 aromatic rings. The Hall–Kier alpha value is -6.07. The standard InChI is InChI=1S/C38H21F6N5/c1-20-2-13-28-30-16-23(21-3-9-25(10-4-21)37(39,40)41)7-14-27(30)35(48-19-46)36(28)49-34-31-17-24(8-15-29(31)33(32(20)34)47-18-45)22-5-11-26(12-6-22)38(42,43)44/h3-12,14-17H,2,13H2,1H3. The van der Waals surface area contributed by atoms with E-state index in [0.29, 0.717) is 80.2 Å². The molecule has 0 atom stereocenters. The largest absolute Gasteiger partial charge is 0.416 e. The molecule has 0 saturated carbocycles. The molecular formula is C38H21F6N5. The Morgan fingerprint density at radius 1 is 0.592 bits per heavy atom. The third kappa shape index (κ3) is 5.43. The van der Waals surface area contributed by atoms with E-state index in [1.807, 2.05) is 25.4 Å². The summed E-state index contributed by atoms with van der Waals surface area (Å²) < 4.78 is 79.3. The summed E-state index contributed by atoms with van der Waals surface area (Å²) in [4.78, 5) is 13.4. The molecule has 0 saturated heterocycles. The normalized spacial score (nSPS) is 17.1. The molecule has 0 N–H and O–H groups in total. The summed E-state index contributed by atoms with van der Waals surface area (Å²) in [6.07, 6.45) is -4.17. The van der Waals surface area contributed by atoms with E-state index < -0.39 is 23.5 Å². The van der Waals surface area contributed by atoms with E-state index in [0.717, 1.165) is 41.0 Å². The number of hydrogen-bond acceptors (Lipinski definition) is 5. The summed E-state index contributed by atoms with van der Waals surface area (Å²) in [5.74, 6) is 0. The van der Waals surface area contributed by atoms with Crippen LogP contribution in [-0.4, -0.2) is 17.1 Å². The molecule has 0 spiro atoms. The molecule has 7 rings (SSSR count). The Labute approximate surface area is 276 Å². The van der Waals surface area contributed by atoms with Crippen molar-refractivity contribution in [3.63, 3.8) is 0 Å². The van der Waals surface area contributed by atoms with Gasteiger partial charge in [0.2, 0.25) is 12.4 Å². The van der Waals surface area contributed by atoms with Gasteiger partial charge in [-0.25, -0.2) is 4.99 Å². The molecule has 0 unspecified atom stereocenters. The lowest BCUT2D eigenvalue weighted by atomic mass is 9.92. The van der Waals surface area contributed by atoms with Gasteiger partial charge < -0.3 is 0 Å². The molecular weight excluding hydrogens is 640 g/mol. The quantitative estimate of drug-likeness (QED) is 0.158. The van der Waals surface area contributed by atoms with Crippen molar-refractivity contribution in [3.05, 3.63) is 135 Å². The maximum absolute atomic E-state index is 13.2. The summed E-state index contributed by atoms with van der Waals surface area (Å²) in [6.45, 7) is 1.92. The highest BCUT2D eigenvalue weighted by molar-refractivity contribution is 6.44. The van der Waals surface area contributed by atoms with Crippen molar-refractivity contribution < 1.29 is 26.3 Å². The Morgan fingerprint density at radius 2 is 1.06 bits per heavy atom. The topological polar surface area (TPSA) is 84.7 Å². The Bertz CT molecular complexity index is 2300. The molecule has 11 heteroatoms. The summed E-state index contributed by atoms with van der Waals surface area (Å²) in [5, 5.41) is 19.3. The van der Waals surface area contributed by atoms with Crippen LogP contribution in [0, 0.1) is 22.9 Å². The van der Waals surface area contributed by atoms with Gasteiger partial charge in [0.1, 0.15) is 5.71 Å². The maximum Gasteiger partial charge on any atom is 0.416 e. The highest BCUT2D eigenvalue weighted by Gasteiger charge is 2.37. The molecule has 1 aliphatic heterocycles. The highest BCUT2D eigenvalue weighted by Crippen LogP contribution is 2.44. The molecule has 4 aromatic carbocycles. The molecule has 0 aromatic heterocycles. The fraction of sp³-hybridized carbons (Fsp3) is 0.132. The van der Waals surface area contributed by atoms with Gasteiger partial charge in [0.25, 0.3) is 0 Å². The number of benzene rings is 4. The van der Waals surface area contributed by atoms with Crippen LogP contribution in [0.5, 0.6) is 0 Å². The van der Waals surface area contributed by atoms with Crippen molar-refractivity contribution in [3.8, 4) is 34.6 Å². The molecule has 3 aliphatic rings. The first kappa shape index (κ1) is 31.5. The summed E-state index contributed by atoms with van der Waals surface area (Å²) >= 11 is 0. The first-order chi connectivity index (χ1) is 23.4. The highest BCUT2D eigenvalue weighted by atomic mass is 19.4. The van der Waals surface area contributed by atoms with Crippen molar-refractivity contribution >= 4 is 22.7 Å². The number of allylic oxidation sites excluding steroid dienone is 4. The second kappa shape index (κ2) is 11.6. The van der Waals surface area contributed by atoms with Gasteiger partial charge in [-0.1, -0.05) is 54.1 Å². The molecule has 2 aliphatic carbocycles. The number of alkyl halides is 6. The lowest BCUT2D eigenvalue weighted by Gasteiger charge is -2.15. The lowest BCUT2D eigenvalue weighted by molar-refractivity contribution is -0.138. The Balaban J connectivity index is 1.39. The van der Waals surface area contributed by atoms with Crippen molar-refractivity contribution in [2.45, 2.75) is 32.1 Å². The van der Waals surface area contributed by atoms with Gasteiger partial charge in [-0.15, -0.1) is 0 Å². The zero-order valence-electron chi connectivity index (χ0n) is 25.5. The lowest BCUT2D eigenvalue weighted by Crippen LogP contribution is -2.11. The van der Waals surface area contributed by atoms with Crippen LogP contribution < -0.4 is 0 Å². The number of halogens is 6. The molecule has 1 heterocycles. The van der Waals surface area contributed by atoms with Crippen LogP contribution in [-0.2, 0) is 12.4 Å². The number of aliphatic imine (C=N–C) groups is 3. The molecule has 240 valence electrons. The van der Waals surface area contributed by atoms with E-state index in [9.17, 15) is 36.9 Å². The van der Waals surface area contributed by atoms with Crippen LogP contribution in [0.2, 0.25) is 0 Å². The second-order valence-corrected chi connectivity index (χ2v) is 11.7. The predicted octanol–water partition coefficient (Wildman–Crippen LogP) is 9.94. The second-order valence-electron chi connectivity index (χ2n) is 11.7. The first-order valence-corrected chi connectivity index (χ1v) is 15.0. The van der Waals surface area contributed by atoms with Crippen LogP contribution in [0.15, 0.2) is 117 Å². The van der Waals surface area contributed by atoms with Crippen LogP contribution in [0.1, 0.15) is 53.1 Å². The third-order valence-electron chi connectivity index (χ3n) is 8.93. The summed E-state index contributed by atoms with van der Waals surface area (Å²) in [5.41, 5.74) is 7.63. The van der Waals surface area contributed by atoms with E-state index in [4.69, 9.17) is 4.99 Å². The van der Waals surface area contributed by atoms with E-state index in [1.165, 1.54) is 24.3 Å². The van der Waals surface area contributed by atoms with Crippen LogP contribution in [0.4, 0.5) is 26.3 Å². The number of nitriles is 2. The van der Waals surface area contributed by atoms with Gasteiger partial charge in [-0.05, 0) is 89.6 Å². The van der Waals surface area contributed by atoms with Gasteiger partial charge in [-0.2, -0.15) is 46.9 Å². The molecule has 5 nitrogen and oxygen atoms in total. The zero-order chi connectivity index (χ0) is 34.7. The Morgan fingerprint density at radius 3 is 1.57 bits per heavy atom. The minimum Gasteiger partial charge on any atom is -0.245 e. The average Bonchev–Trinajstić information content (AvgIpc) is 3.52. The summed E-state index contributed by atoms with van der Waals surface area (Å²) in [6, 6.07) is 20.4. The fourth-order valence-electron chi connectivity index (χ4n) is 6.56. The van der Waals surface area contributed by atoms with E-state index in [1.54, 1.807) is 30.3 Å². The predicted molar refractivity (Wildman–Crippen MR) is 173 cm³/mol. The third-order valence-corrected chi connectivity index (χ3v) is 8.93. The fourth-order valence-corrected chi connectivity index (χ4v) is 6.56. The van der Waals surface area contributed by atoms with Gasteiger partial charge in [0.15, 0.2) is 0 Å². The van der Waals surface area contributed by atoms with E-state index in [2.05, 4.69) is 9.98 Å². The maximum atomic E-state index is 13.2. The smallest absolute Gasteiger partial charge is 0.245 e. The van der Waals surface area contributed by atoms with Crippen LogP contribution >= 0.6 is 0 Å². The minimum absolute atomic E-state index is 0.337. The van der Waals surface area contributed by atoms with Crippen LogP contribution in [0.3, 0.4) is 0 Å². The summed E-state index contributed by atoms with van der Waals surface area (Å²) in [7, 11) is 0. The monoisotopic (exact) mass is 661 g/mol. The van der Waals surface area contributed by atoms with Crippen molar-refractivity contribution in [2.75, 3.05) is 0 Å². The number of nitrogens with zero attached hydrogens (tertiary/aromatic N) is 5. The minimum atomic E-state index is -4.48. The average molecular weight is 662 g/mol. The molecule has 49 heavy (non-hydrogen) atoms. The molecule has 0 bridgehead atoms. The van der Waals surface area contributed by atoms with Crippen molar-refractivity contribution in [1.29, 1.82) is 10.5 Å². The number of fused-ring (bicyclic) bond motifs is 5. The van der Waals surface area contributed by atoms with Gasteiger partial charge in [-0.3, -0.25) is 0 Å². The Kier molecular flexibility index (Phi) is 7.44. The first-order valence-electron chi connectivity index (χ1n) is 15.0. The van der Waals surface area contributed by atoms with Crippen LogP contribution in [0.25, 0.3) is 27.8 Å². The zero-order valence-corrected chi connectivity index (χ0v) is 25.5. The molecule has 0 radical (unpaired) electrons. The van der Waals surface area contributed by atoms with Gasteiger partial charge >= 0.3 is 12.4 Å². The molecule has 0 amide bonds. The SMILES string of the molecule is CC1=C2C(=NC#N)c3ccc(-c4ccc(C(F)(F)F)cc4)cc3C2=NC2=C(CC1)c1cc(-c3ccc(C(F)(F)F)cc3)ccc1C2=NC#N.